The highest BCUT2D eigenvalue weighted by molar-refractivity contribution is 7.16. The summed E-state index contributed by atoms with van der Waals surface area (Å²) in [6.07, 6.45) is 0. The van der Waals surface area contributed by atoms with Crippen molar-refractivity contribution in [2.45, 2.75) is 41.5 Å². The topological polar surface area (TPSA) is 57.8 Å². The summed E-state index contributed by atoms with van der Waals surface area (Å²) in [6.45, 7) is 12.8. The predicted molar refractivity (Wildman–Crippen MR) is 89.4 cm³/mol. The molecule has 0 fully saturated rings. The van der Waals surface area contributed by atoms with Gasteiger partial charge >= 0.3 is 0 Å². The molecule has 2 aromatic rings. The molecule has 0 saturated carbocycles. The Hall–Kier alpha value is -1.62. The quantitative estimate of drug-likeness (QED) is 0.808. The molecule has 0 bridgehead atoms. The lowest BCUT2D eigenvalue weighted by Crippen LogP contribution is -2.07. The minimum absolute atomic E-state index is 0.0959. The second-order valence-corrected chi connectivity index (χ2v) is 7.08. The van der Waals surface area contributed by atoms with Gasteiger partial charge < -0.3 is 10.3 Å². The van der Waals surface area contributed by atoms with Gasteiger partial charge in [-0.3, -0.25) is 4.79 Å². The van der Waals surface area contributed by atoms with Crippen molar-refractivity contribution in [3.05, 3.63) is 21.7 Å². The second kappa shape index (κ2) is 6.02. The molecule has 0 aliphatic carbocycles. The van der Waals surface area contributed by atoms with E-state index in [1.165, 1.54) is 0 Å². The van der Waals surface area contributed by atoms with Crippen molar-refractivity contribution in [2.24, 2.45) is 5.92 Å². The van der Waals surface area contributed by atoms with Crippen molar-refractivity contribution < 1.29 is 4.79 Å². The molecule has 2 rings (SSSR count). The maximum atomic E-state index is 11.7. The molecule has 0 unspecified atom stereocenters. The van der Waals surface area contributed by atoms with E-state index in [1.54, 1.807) is 18.3 Å². The minimum atomic E-state index is 0.0959. The largest absolute Gasteiger partial charge is 0.361 e. The Kier molecular flexibility index (Phi) is 4.52. The highest BCUT2D eigenvalue weighted by Crippen LogP contribution is 2.34. The minimum Gasteiger partial charge on any atom is -0.361 e. The van der Waals surface area contributed by atoms with Crippen molar-refractivity contribution in [3.8, 4) is 11.4 Å². The number of nitrogens with one attached hydrogen (secondary N) is 2. The molecule has 0 spiro atoms. The van der Waals surface area contributed by atoms with E-state index in [1.807, 2.05) is 13.8 Å². The van der Waals surface area contributed by atoms with Crippen molar-refractivity contribution in [1.29, 1.82) is 0 Å². The molecule has 5 heteroatoms. The first-order valence-electron chi connectivity index (χ1n) is 7.23. The van der Waals surface area contributed by atoms with Crippen LogP contribution in [0.4, 0.5) is 5.13 Å². The molecule has 0 atom stereocenters. The normalized spacial score (nSPS) is 11.2. The molecular formula is C16H23N3OS. The molecule has 114 valence electrons. The number of nitrogens with zero attached hydrogens (tertiary/aromatic N) is 1. The summed E-state index contributed by atoms with van der Waals surface area (Å²) in [5.74, 6) is 0.676. The SMILES string of the molecule is CC(=O)c1c(C)[nH]c(-c2nc(NCC(C)C)sc2C)c1C. The van der Waals surface area contributed by atoms with Crippen molar-refractivity contribution in [2.75, 3.05) is 11.9 Å². The van der Waals surface area contributed by atoms with Crippen molar-refractivity contribution in [3.63, 3.8) is 0 Å². The van der Waals surface area contributed by atoms with E-state index in [0.717, 1.165) is 44.8 Å². The first kappa shape index (κ1) is 15.8. The van der Waals surface area contributed by atoms with Gasteiger partial charge in [0.15, 0.2) is 10.9 Å². The lowest BCUT2D eigenvalue weighted by molar-refractivity contribution is 0.101. The number of aryl methyl sites for hydroxylation is 2. The van der Waals surface area contributed by atoms with E-state index in [9.17, 15) is 4.79 Å². The Morgan fingerprint density at radius 1 is 1.33 bits per heavy atom. The number of carbonyl (C=O) groups excluding carboxylic acids is 1. The Bertz CT molecular complexity index is 667. The smallest absolute Gasteiger partial charge is 0.183 e. The van der Waals surface area contributed by atoms with E-state index in [4.69, 9.17) is 4.98 Å². The average molecular weight is 305 g/mol. The van der Waals surface area contributed by atoms with Gasteiger partial charge in [0.25, 0.3) is 0 Å². The lowest BCUT2D eigenvalue weighted by Gasteiger charge is -2.04. The van der Waals surface area contributed by atoms with Gasteiger partial charge in [0.1, 0.15) is 5.69 Å². The Morgan fingerprint density at radius 3 is 2.52 bits per heavy atom. The molecule has 0 aromatic carbocycles. The molecule has 21 heavy (non-hydrogen) atoms. The molecule has 4 nitrogen and oxygen atoms in total. The number of Topliss-reactive ketones (excluding diaryl/α,β-unsaturated/α-hetero) is 1. The standard InChI is InChI=1S/C16H23N3OS/c1-8(2)7-17-16-19-15(12(6)21-16)14-9(3)13(11(5)20)10(4)18-14/h8,18H,7H2,1-6H3,(H,17,19). The maximum absolute atomic E-state index is 11.7. The fourth-order valence-electron chi connectivity index (χ4n) is 2.51. The van der Waals surface area contributed by atoms with Crippen LogP contribution in [0.5, 0.6) is 0 Å². The van der Waals surface area contributed by atoms with Gasteiger partial charge in [-0.1, -0.05) is 13.8 Å². The number of ketones is 1. The number of anilines is 1. The number of hydrogen-bond donors (Lipinski definition) is 2. The van der Waals surface area contributed by atoms with E-state index in [-0.39, 0.29) is 5.78 Å². The summed E-state index contributed by atoms with van der Waals surface area (Å²) in [7, 11) is 0. The fraction of sp³-hybridized carbons (Fsp3) is 0.500. The highest BCUT2D eigenvalue weighted by Gasteiger charge is 2.19. The number of rotatable bonds is 5. The first-order chi connectivity index (χ1) is 9.81. The molecule has 0 saturated heterocycles. The molecule has 2 heterocycles. The number of hydrogen-bond acceptors (Lipinski definition) is 4. The van der Waals surface area contributed by atoms with Crippen LogP contribution in [0.1, 0.15) is 47.3 Å². The molecular weight excluding hydrogens is 282 g/mol. The summed E-state index contributed by atoms with van der Waals surface area (Å²) in [6, 6.07) is 0. The fourth-order valence-corrected chi connectivity index (χ4v) is 3.34. The molecule has 0 aliphatic heterocycles. The van der Waals surface area contributed by atoms with Crippen LogP contribution in [0, 0.1) is 26.7 Å². The summed E-state index contributed by atoms with van der Waals surface area (Å²) >= 11 is 1.66. The van der Waals surface area contributed by atoms with Crippen LogP contribution in [0.25, 0.3) is 11.4 Å². The number of carbonyl (C=O) groups is 1. The van der Waals surface area contributed by atoms with Crippen molar-refractivity contribution in [1.82, 2.24) is 9.97 Å². The van der Waals surface area contributed by atoms with Crippen LogP contribution in [0.3, 0.4) is 0 Å². The van der Waals surface area contributed by atoms with Crippen LogP contribution < -0.4 is 5.32 Å². The third-order valence-electron chi connectivity index (χ3n) is 3.48. The van der Waals surface area contributed by atoms with Crippen LogP contribution in [-0.2, 0) is 0 Å². The first-order valence-corrected chi connectivity index (χ1v) is 8.04. The van der Waals surface area contributed by atoms with Gasteiger partial charge in [-0.25, -0.2) is 4.98 Å². The maximum Gasteiger partial charge on any atom is 0.183 e. The third kappa shape index (κ3) is 3.18. The third-order valence-corrected chi connectivity index (χ3v) is 4.41. The van der Waals surface area contributed by atoms with Crippen molar-refractivity contribution >= 4 is 22.3 Å². The van der Waals surface area contributed by atoms with E-state index < -0.39 is 0 Å². The monoisotopic (exact) mass is 305 g/mol. The molecule has 2 N–H and O–H groups in total. The van der Waals surface area contributed by atoms with Crippen LogP contribution in [0.15, 0.2) is 0 Å². The Morgan fingerprint density at radius 2 is 2.00 bits per heavy atom. The van der Waals surface area contributed by atoms with Gasteiger partial charge in [0, 0.05) is 22.7 Å². The van der Waals surface area contributed by atoms with Gasteiger partial charge in [-0.2, -0.15) is 0 Å². The summed E-state index contributed by atoms with van der Waals surface area (Å²) < 4.78 is 0. The van der Waals surface area contributed by atoms with E-state index in [2.05, 4.69) is 31.1 Å². The highest BCUT2D eigenvalue weighted by atomic mass is 32.1. The summed E-state index contributed by atoms with van der Waals surface area (Å²) in [5.41, 5.74) is 4.60. The number of aromatic amines is 1. The Balaban J connectivity index is 2.39. The van der Waals surface area contributed by atoms with E-state index >= 15 is 0 Å². The molecule has 0 radical (unpaired) electrons. The zero-order chi connectivity index (χ0) is 15.7. The zero-order valence-corrected chi connectivity index (χ0v) is 14.4. The summed E-state index contributed by atoms with van der Waals surface area (Å²) in [5, 5.41) is 4.30. The number of aromatic nitrogens is 2. The average Bonchev–Trinajstić information content (AvgIpc) is 2.87. The van der Waals surface area contributed by atoms with Gasteiger partial charge in [-0.15, -0.1) is 11.3 Å². The lowest BCUT2D eigenvalue weighted by atomic mass is 10.1. The molecule has 2 aromatic heterocycles. The van der Waals surface area contributed by atoms with Gasteiger partial charge in [-0.05, 0) is 39.2 Å². The second-order valence-electron chi connectivity index (χ2n) is 5.88. The van der Waals surface area contributed by atoms with Crippen LogP contribution >= 0.6 is 11.3 Å². The number of thiazole rings is 1. The van der Waals surface area contributed by atoms with Gasteiger partial charge in [0.05, 0.1) is 5.69 Å². The molecule has 0 amide bonds. The Labute approximate surface area is 130 Å². The predicted octanol–water partition coefficient (Wildman–Crippen LogP) is 4.33. The zero-order valence-electron chi connectivity index (χ0n) is 13.5. The number of H-pyrrole nitrogens is 1. The van der Waals surface area contributed by atoms with Gasteiger partial charge in [0.2, 0.25) is 0 Å². The summed E-state index contributed by atoms with van der Waals surface area (Å²) in [4.78, 5) is 20.9. The molecule has 0 aliphatic rings. The van der Waals surface area contributed by atoms with Crippen LogP contribution in [-0.4, -0.2) is 22.3 Å². The van der Waals surface area contributed by atoms with Crippen LogP contribution in [0.2, 0.25) is 0 Å². The van der Waals surface area contributed by atoms with E-state index in [0.29, 0.717) is 5.92 Å².